The summed E-state index contributed by atoms with van der Waals surface area (Å²) in [4.78, 5) is 10.6. The summed E-state index contributed by atoms with van der Waals surface area (Å²) in [5, 5.41) is 27.4. The van der Waals surface area contributed by atoms with E-state index in [4.69, 9.17) is 16.0 Å². The minimum atomic E-state index is -1.59. The van der Waals surface area contributed by atoms with Gasteiger partial charge in [-0.15, -0.1) is 0 Å². The van der Waals surface area contributed by atoms with Gasteiger partial charge in [0.25, 0.3) is 0 Å². The van der Waals surface area contributed by atoms with E-state index in [0.717, 1.165) is 0 Å². The summed E-state index contributed by atoms with van der Waals surface area (Å²) in [6.07, 6.45) is 1.10. The predicted molar refractivity (Wildman–Crippen MR) is 39.2 cm³/mol. The van der Waals surface area contributed by atoms with Crippen molar-refractivity contribution in [3.63, 3.8) is 0 Å². The van der Waals surface area contributed by atoms with Crippen molar-refractivity contribution in [2.24, 2.45) is 5.73 Å². The molecule has 1 fully saturated rings. The quantitative estimate of drug-likeness (QED) is 0.488. The minimum Gasteiger partial charge on any atom is -0.762 e. The molecule has 0 bridgehead atoms. The highest BCUT2D eigenvalue weighted by molar-refractivity contribution is 5.80. The van der Waals surface area contributed by atoms with Crippen molar-refractivity contribution in [2.75, 3.05) is 0 Å². The van der Waals surface area contributed by atoms with Gasteiger partial charge in [0.15, 0.2) is 0 Å². The van der Waals surface area contributed by atoms with Crippen molar-refractivity contribution < 1.29 is 15.1 Å². The van der Waals surface area contributed by atoms with E-state index < -0.39 is 17.6 Å². The van der Waals surface area contributed by atoms with Crippen LogP contribution in [0.25, 0.3) is 0 Å². The average Bonchev–Trinajstić information content (AvgIpc) is 2.32. The molecule has 0 aliphatic heterocycles. The Morgan fingerprint density at radius 1 is 1.75 bits per heavy atom. The molecule has 2 atom stereocenters. The van der Waals surface area contributed by atoms with Crippen molar-refractivity contribution >= 4 is 5.97 Å². The van der Waals surface area contributed by atoms with Crippen molar-refractivity contribution in [2.45, 2.75) is 30.8 Å². The number of rotatable bonds is 2. The number of nitrogens with two attached hydrogens (primary N) is 1. The van der Waals surface area contributed by atoms with Crippen LogP contribution in [0.3, 0.4) is 0 Å². The third kappa shape index (κ3) is 1.29. The Labute approximate surface area is 69.1 Å². The largest absolute Gasteiger partial charge is 0.762 e. The maximum absolute atomic E-state index is 10.6. The van der Waals surface area contributed by atoms with Crippen LogP contribution in [-0.2, 0) is 4.79 Å². The molecule has 0 aromatic carbocycles. The summed E-state index contributed by atoms with van der Waals surface area (Å²) in [5.41, 5.74) is 3.86. The van der Waals surface area contributed by atoms with E-state index in [1.807, 2.05) is 0 Å². The second-order valence-electron chi connectivity index (χ2n) is 3.06. The SMILES string of the molecule is N[C@]1(C(=O)O)CCC[C@@H]1N([O-])O. The van der Waals surface area contributed by atoms with E-state index in [1.165, 1.54) is 0 Å². The van der Waals surface area contributed by atoms with Crippen LogP contribution in [0.5, 0.6) is 0 Å². The Bertz CT molecular complexity index is 196. The van der Waals surface area contributed by atoms with Gasteiger partial charge in [-0.25, -0.2) is 0 Å². The molecular weight excluding hydrogens is 164 g/mol. The third-order valence-corrected chi connectivity index (χ3v) is 2.33. The second-order valence-corrected chi connectivity index (χ2v) is 3.06. The van der Waals surface area contributed by atoms with Gasteiger partial charge in [-0.2, -0.15) is 0 Å². The normalized spacial score (nSPS) is 35.8. The van der Waals surface area contributed by atoms with Crippen LogP contribution in [0, 0.1) is 5.21 Å². The van der Waals surface area contributed by atoms with Gasteiger partial charge in [-0.1, -0.05) is 0 Å². The lowest BCUT2D eigenvalue weighted by Gasteiger charge is -2.36. The molecule has 1 saturated carbocycles. The van der Waals surface area contributed by atoms with Crippen LogP contribution in [-0.4, -0.2) is 33.1 Å². The van der Waals surface area contributed by atoms with Crippen LogP contribution < -0.4 is 5.73 Å². The number of aliphatic carboxylic acids is 1. The smallest absolute Gasteiger partial charge is 0.325 e. The molecule has 4 N–H and O–H groups in total. The van der Waals surface area contributed by atoms with Gasteiger partial charge in [-0.05, 0) is 19.3 Å². The molecule has 0 amide bonds. The first-order chi connectivity index (χ1) is 5.48. The molecule has 0 aromatic rings. The minimum absolute atomic E-state index is 0.228. The van der Waals surface area contributed by atoms with Crippen LogP contribution in [0.2, 0.25) is 0 Å². The van der Waals surface area contributed by atoms with E-state index >= 15 is 0 Å². The maximum Gasteiger partial charge on any atom is 0.325 e. The lowest BCUT2D eigenvalue weighted by molar-refractivity contribution is -0.153. The summed E-state index contributed by atoms with van der Waals surface area (Å²) >= 11 is 0. The lowest BCUT2D eigenvalue weighted by atomic mass is 9.95. The number of carbonyl (C=O) groups is 1. The van der Waals surface area contributed by atoms with Gasteiger partial charge in [0.1, 0.15) is 5.54 Å². The Morgan fingerprint density at radius 2 is 2.33 bits per heavy atom. The first-order valence-corrected chi connectivity index (χ1v) is 3.66. The maximum atomic E-state index is 10.6. The number of hydrogen-bond acceptors (Lipinski definition) is 5. The van der Waals surface area contributed by atoms with Gasteiger partial charge in [0.05, 0.1) is 6.04 Å². The van der Waals surface area contributed by atoms with Gasteiger partial charge >= 0.3 is 5.97 Å². The van der Waals surface area contributed by atoms with Crippen molar-refractivity contribution in [1.82, 2.24) is 5.23 Å². The Kier molecular flexibility index (Phi) is 2.34. The van der Waals surface area contributed by atoms with Crippen molar-refractivity contribution in [1.29, 1.82) is 0 Å². The third-order valence-electron chi connectivity index (χ3n) is 2.33. The fourth-order valence-corrected chi connectivity index (χ4v) is 1.57. The lowest BCUT2D eigenvalue weighted by Crippen LogP contribution is -2.58. The van der Waals surface area contributed by atoms with E-state index in [1.54, 1.807) is 0 Å². The van der Waals surface area contributed by atoms with Gasteiger partial charge in [0.2, 0.25) is 0 Å². The van der Waals surface area contributed by atoms with Crippen LogP contribution >= 0.6 is 0 Å². The Morgan fingerprint density at radius 3 is 2.67 bits per heavy atom. The highest BCUT2D eigenvalue weighted by Gasteiger charge is 2.46. The van der Waals surface area contributed by atoms with Gasteiger partial charge in [0, 0.05) is 0 Å². The zero-order valence-corrected chi connectivity index (χ0v) is 6.43. The molecule has 1 rings (SSSR count). The molecule has 0 unspecified atom stereocenters. The van der Waals surface area contributed by atoms with Crippen molar-refractivity contribution in [3.05, 3.63) is 5.21 Å². The van der Waals surface area contributed by atoms with Crippen LogP contribution in [0.4, 0.5) is 0 Å². The summed E-state index contributed by atoms with van der Waals surface area (Å²) < 4.78 is 0. The summed E-state index contributed by atoms with van der Waals surface area (Å²) in [6.45, 7) is 0. The fourth-order valence-electron chi connectivity index (χ4n) is 1.57. The van der Waals surface area contributed by atoms with Gasteiger partial charge in [-0.3, -0.25) is 10.0 Å². The first-order valence-electron chi connectivity index (χ1n) is 3.66. The molecule has 0 heterocycles. The summed E-state index contributed by atoms with van der Waals surface area (Å²) in [5.74, 6) is -1.24. The molecule has 6 nitrogen and oxygen atoms in total. The number of carboxylic acid groups (broad SMARTS) is 1. The van der Waals surface area contributed by atoms with E-state index in [-0.39, 0.29) is 11.6 Å². The Hall–Kier alpha value is -0.690. The van der Waals surface area contributed by atoms with E-state index in [9.17, 15) is 10.0 Å². The fraction of sp³-hybridized carbons (Fsp3) is 0.833. The molecule has 0 spiro atoms. The van der Waals surface area contributed by atoms with Crippen LogP contribution in [0.1, 0.15) is 19.3 Å². The monoisotopic (exact) mass is 175 g/mol. The molecule has 70 valence electrons. The molecule has 1 aliphatic carbocycles. The highest BCUT2D eigenvalue weighted by Crippen LogP contribution is 2.30. The standard InChI is InChI=1S/C6H11N2O4/c7-6(5(9)10)3-1-2-4(6)8(11)12/h4,11H,1-3,7H2,(H,9,10)/q-1/t4-,6+/m0/s1. The number of nitrogens with zero attached hydrogens (tertiary/aromatic N) is 1. The summed E-state index contributed by atoms with van der Waals surface area (Å²) in [6, 6.07) is -1.02. The molecular formula is C6H11N2O4-. The van der Waals surface area contributed by atoms with Crippen LogP contribution in [0.15, 0.2) is 0 Å². The van der Waals surface area contributed by atoms with E-state index in [0.29, 0.717) is 12.8 Å². The molecule has 6 heteroatoms. The number of carboxylic acids is 1. The molecule has 0 saturated heterocycles. The average molecular weight is 175 g/mol. The number of hydrogen-bond donors (Lipinski definition) is 3. The summed E-state index contributed by atoms with van der Waals surface area (Å²) in [7, 11) is 0. The molecule has 12 heavy (non-hydrogen) atoms. The molecule has 1 aliphatic rings. The Balaban J connectivity index is 2.81. The predicted octanol–water partition coefficient (Wildman–Crippen LogP) is -0.490. The number of hydroxylamine groups is 2. The first kappa shape index (κ1) is 9.40. The zero-order valence-electron chi connectivity index (χ0n) is 6.43. The van der Waals surface area contributed by atoms with E-state index in [2.05, 4.69) is 0 Å². The topological polar surface area (TPSA) is 110 Å². The molecule has 0 radical (unpaired) electrons. The van der Waals surface area contributed by atoms with Gasteiger partial charge < -0.3 is 21.3 Å². The van der Waals surface area contributed by atoms with Crippen molar-refractivity contribution in [3.8, 4) is 0 Å². The highest BCUT2D eigenvalue weighted by atomic mass is 16.8. The second kappa shape index (κ2) is 2.98. The zero-order chi connectivity index (χ0) is 9.35. The molecule has 0 aromatic heterocycles.